The molecule has 0 atom stereocenters. The third-order valence-corrected chi connectivity index (χ3v) is 7.28. The average molecular weight is 565 g/mol. The normalized spacial score (nSPS) is 14.0. The van der Waals surface area contributed by atoms with Crippen LogP contribution in [-0.4, -0.2) is 28.9 Å². The number of carbonyl (C=O) groups excluding carboxylic acids is 1. The molecule has 0 saturated heterocycles. The van der Waals surface area contributed by atoms with Crippen molar-refractivity contribution in [2.24, 2.45) is 0 Å². The van der Waals surface area contributed by atoms with Crippen LogP contribution in [0.5, 0.6) is 0 Å². The van der Waals surface area contributed by atoms with Gasteiger partial charge in [0, 0.05) is 12.0 Å². The van der Waals surface area contributed by atoms with Crippen molar-refractivity contribution in [3.05, 3.63) is 95.2 Å². The van der Waals surface area contributed by atoms with Crippen molar-refractivity contribution in [2.45, 2.75) is 44.2 Å². The third-order valence-electron chi connectivity index (χ3n) is 7.28. The van der Waals surface area contributed by atoms with E-state index in [0.29, 0.717) is 47.5 Å². The molecular formula is C31H27F3N2O5. The van der Waals surface area contributed by atoms with Gasteiger partial charge < -0.3 is 14.4 Å². The minimum Gasteiger partial charge on any atom is -0.481 e. The SMILES string of the molecule is CCc1noc(-c2ccc(-c3ccc(C4(C(=O)O)CC4)cc3)cc2)c1NC(=O)OCCc1cccc(C(F)(F)F)c1. The van der Waals surface area contributed by atoms with Gasteiger partial charge in [-0.3, -0.25) is 10.1 Å². The van der Waals surface area contributed by atoms with E-state index in [1.165, 1.54) is 6.07 Å². The van der Waals surface area contributed by atoms with Gasteiger partial charge in [0.05, 0.1) is 17.6 Å². The Morgan fingerprint density at radius 3 is 2.22 bits per heavy atom. The van der Waals surface area contributed by atoms with Gasteiger partial charge in [-0.15, -0.1) is 0 Å². The summed E-state index contributed by atoms with van der Waals surface area (Å²) in [6.45, 7) is 1.74. The van der Waals surface area contributed by atoms with E-state index in [-0.39, 0.29) is 13.0 Å². The zero-order valence-corrected chi connectivity index (χ0v) is 22.1. The number of nitrogens with one attached hydrogen (secondary N) is 1. The molecule has 5 rings (SSSR count). The Labute approximate surface area is 233 Å². The molecule has 1 aliphatic carbocycles. The smallest absolute Gasteiger partial charge is 0.416 e. The lowest BCUT2D eigenvalue weighted by Crippen LogP contribution is -2.19. The summed E-state index contributed by atoms with van der Waals surface area (Å²) in [4.78, 5) is 24.1. The fourth-order valence-electron chi connectivity index (χ4n) is 4.74. The molecule has 1 aliphatic rings. The summed E-state index contributed by atoms with van der Waals surface area (Å²) >= 11 is 0. The predicted octanol–water partition coefficient (Wildman–Crippen LogP) is 7.50. The van der Waals surface area contributed by atoms with Gasteiger partial charge in [-0.05, 0) is 47.6 Å². The largest absolute Gasteiger partial charge is 0.481 e. The van der Waals surface area contributed by atoms with Crippen molar-refractivity contribution in [1.82, 2.24) is 5.16 Å². The Morgan fingerprint density at radius 2 is 1.63 bits per heavy atom. The second-order valence-electron chi connectivity index (χ2n) is 9.94. The number of carboxylic acids is 1. The molecule has 1 aromatic heterocycles. The van der Waals surface area contributed by atoms with E-state index < -0.39 is 29.2 Å². The van der Waals surface area contributed by atoms with E-state index in [0.717, 1.165) is 28.8 Å². The highest BCUT2D eigenvalue weighted by atomic mass is 19.4. The number of benzene rings is 3. The second-order valence-corrected chi connectivity index (χ2v) is 9.94. The number of ether oxygens (including phenoxy) is 1. The number of aliphatic carboxylic acids is 1. The van der Waals surface area contributed by atoms with Crippen LogP contribution in [0.3, 0.4) is 0 Å². The first-order valence-electron chi connectivity index (χ1n) is 13.1. The third kappa shape index (κ3) is 5.96. The molecule has 1 heterocycles. The van der Waals surface area contributed by atoms with Crippen LogP contribution in [0, 0.1) is 0 Å². The van der Waals surface area contributed by atoms with Gasteiger partial charge >= 0.3 is 18.2 Å². The standard InChI is InChI=1S/C31H27F3N2O5/c1-2-25-26(35-29(39)40-17-14-19-4-3-5-24(18-19)31(32,33)34)27(41-36-25)22-8-6-20(7-9-22)21-10-12-23(13-11-21)30(15-16-30)28(37)38/h3-13,18H,2,14-17H2,1H3,(H,35,39)(H,37,38). The van der Waals surface area contributed by atoms with Crippen molar-refractivity contribution in [2.75, 3.05) is 11.9 Å². The maximum absolute atomic E-state index is 12.9. The number of carbonyl (C=O) groups is 2. The van der Waals surface area contributed by atoms with Crippen molar-refractivity contribution in [3.63, 3.8) is 0 Å². The van der Waals surface area contributed by atoms with Crippen LogP contribution in [0.2, 0.25) is 0 Å². The number of carboxylic acid groups (broad SMARTS) is 1. The summed E-state index contributed by atoms with van der Waals surface area (Å²) in [5, 5.41) is 16.2. The van der Waals surface area contributed by atoms with E-state index in [9.17, 15) is 27.9 Å². The quantitative estimate of drug-likeness (QED) is 0.218. The van der Waals surface area contributed by atoms with Crippen LogP contribution in [0.15, 0.2) is 77.3 Å². The number of rotatable bonds is 9. The molecule has 212 valence electrons. The lowest BCUT2D eigenvalue weighted by atomic mass is 9.93. The molecule has 7 nitrogen and oxygen atoms in total. The van der Waals surface area contributed by atoms with Gasteiger partial charge in [0.15, 0.2) is 5.76 Å². The number of halogens is 3. The van der Waals surface area contributed by atoms with Gasteiger partial charge in [-0.2, -0.15) is 13.2 Å². The molecular weight excluding hydrogens is 537 g/mol. The Bertz CT molecular complexity index is 1560. The van der Waals surface area contributed by atoms with Crippen LogP contribution in [0.1, 0.15) is 42.1 Å². The van der Waals surface area contributed by atoms with E-state index in [2.05, 4.69) is 10.5 Å². The summed E-state index contributed by atoms with van der Waals surface area (Å²) in [6, 6.07) is 19.8. The molecule has 0 aliphatic heterocycles. The molecule has 2 N–H and O–H groups in total. The zero-order valence-electron chi connectivity index (χ0n) is 22.1. The Balaban J connectivity index is 1.24. The molecule has 1 amide bonds. The Morgan fingerprint density at radius 1 is 1.00 bits per heavy atom. The van der Waals surface area contributed by atoms with Crippen LogP contribution in [-0.2, 0) is 34.0 Å². The molecule has 0 spiro atoms. The fourth-order valence-corrected chi connectivity index (χ4v) is 4.74. The number of amides is 1. The Hall–Kier alpha value is -4.60. The monoisotopic (exact) mass is 564 g/mol. The van der Waals surface area contributed by atoms with Crippen LogP contribution in [0.4, 0.5) is 23.7 Å². The number of hydrogen-bond acceptors (Lipinski definition) is 5. The van der Waals surface area contributed by atoms with Crippen molar-refractivity contribution < 1.29 is 37.1 Å². The highest BCUT2D eigenvalue weighted by Crippen LogP contribution is 2.48. The molecule has 1 fully saturated rings. The van der Waals surface area contributed by atoms with Gasteiger partial charge in [0.2, 0.25) is 0 Å². The van der Waals surface area contributed by atoms with Crippen LogP contribution >= 0.6 is 0 Å². The second kappa shape index (κ2) is 11.1. The molecule has 0 radical (unpaired) electrons. The molecule has 0 unspecified atom stereocenters. The first kappa shape index (κ1) is 27.9. The minimum absolute atomic E-state index is 0.115. The number of hydrogen-bond donors (Lipinski definition) is 2. The van der Waals surface area contributed by atoms with E-state index in [4.69, 9.17) is 9.26 Å². The molecule has 1 saturated carbocycles. The van der Waals surface area contributed by atoms with E-state index >= 15 is 0 Å². The predicted molar refractivity (Wildman–Crippen MR) is 145 cm³/mol. The van der Waals surface area contributed by atoms with Crippen molar-refractivity contribution in [3.8, 4) is 22.5 Å². The highest BCUT2D eigenvalue weighted by Gasteiger charge is 2.51. The summed E-state index contributed by atoms with van der Waals surface area (Å²) < 4.78 is 49.6. The summed E-state index contributed by atoms with van der Waals surface area (Å²) in [5.74, 6) is -0.451. The Kier molecular flexibility index (Phi) is 7.57. The summed E-state index contributed by atoms with van der Waals surface area (Å²) in [7, 11) is 0. The number of nitrogens with zero attached hydrogens (tertiary/aromatic N) is 1. The maximum atomic E-state index is 12.9. The summed E-state index contributed by atoms with van der Waals surface area (Å²) in [5.41, 5.74) is 3.07. The lowest BCUT2D eigenvalue weighted by molar-refractivity contribution is -0.140. The van der Waals surface area contributed by atoms with Gasteiger partial charge in [-0.25, -0.2) is 4.79 Å². The number of anilines is 1. The van der Waals surface area contributed by atoms with Gasteiger partial charge in [0.25, 0.3) is 0 Å². The number of alkyl halides is 3. The molecule has 41 heavy (non-hydrogen) atoms. The summed E-state index contributed by atoms with van der Waals surface area (Å²) in [6.07, 6.45) is -3.33. The van der Waals surface area contributed by atoms with Crippen LogP contribution in [0.25, 0.3) is 22.5 Å². The molecule has 3 aromatic carbocycles. The maximum Gasteiger partial charge on any atom is 0.416 e. The molecule has 0 bridgehead atoms. The van der Waals surface area contributed by atoms with Gasteiger partial charge in [-0.1, -0.05) is 78.8 Å². The average Bonchev–Trinajstić information content (AvgIpc) is 3.69. The van der Waals surface area contributed by atoms with Crippen molar-refractivity contribution in [1.29, 1.82) is 0 Å². The van der Waals surface area contributed by atoms with Crippen LogP contribution < -0.4 is 5.32 Å². The lowest BCUT2D eigenvalue weighted by Gasteiger charge is -2.11. The molecule has 4 aromatic rings. The number of aromatic nitrogens is 1. The fraction of sp³-hybridized carbons (Fsp3) is 0.258. The topological polar surface area (TPSA) is 102 Å². The van der Waals surface area contributed by atoms with Crippen molar-refractivity contribution >= 4 is 17.7 Å². The first-order chi connectivity index (χ1) is 19.6. The minimum atomic E-state index is -4.44. The van der Waals surface area contributed by atoms with Gasteiger partial charge in [0.1, 0.15) is 11.4 Å². The zero-order chi connectivity index (χ0) is 29.2. The van der Waals surface area contributed by atoms with E-state index in [1.807, 2.05) is 55.5 Å². The van der Waals surface area contributed by atoms with E-state index in [1.54, 1.807) is 6.07 Å². The first-order valence-corrected chi connectivity index (χ1v) is 13.1. The number of aryl methyl sites for hydroxylation is 1. The highest BCUT2D eigenvalue weighted by molar-refractivity contribution is 5.91. The molecule has 10 heteroatoms.